The van der Waals surface area contributed by atoms with Crippen LogP contribution in [0.15, 0.2) is 36.4 Å². The third kappa shape index (κ3) is 2.93. The highest BCUT2D eigenvalue weighted by molar-refractivity contribution is 5.43. The molecular weight excluding hydrogens is 243 g/mol. The fraction of sp³-hybridized carbons (Fsp3) is 0.250. The zero-order valence-corrected chi connectivity index (χ0v) is 11.3. The highest BCUT2D eigenvalue weighted by atomic mass is 19.1. The molecule has 0 bridgehead atoms. The van der Waals surface area contributed by atoms with Crippen LogP contribution in [0.4, 0.5) is 4.39 Å². The first-order valence-corrected chi connectivity index (χ1v) is 6.20. The van der Waals surface area contributed by atoms with Crippen molar-refractivity contribution >= 4 is 0 Å². The van der Waals surface area contributed by atoms with Crippen LogP contribution in [0.25, 0.3) is 0 Å². The SMILES string of the molecule is Cc1ccc(C)c(Oc2c(F)cccc2[C@H](C)O)c1. The summed E-state index contributed by atoms with van der Waals surface area (Å²) >= 11 is 0. The quantitative estimate of drug-likeness (QED) is 0.892. The molecule has 3 heteroatoms. The van der Waals surface area contributed by atoms with Crippen LogP contribution in [0.3, 0.4) is 0 Å². The fourth-order valence-corrected chi connectivity index (χ4v) is 1.89. The Morgan fingerprint density at radius 1 is 1.16 bits per heavy atom. The summed E-state index contributed by atoms with van der Waals surface area (Å²) in [5.74, 6) is 0.220. The number of ether oxygens (including phenoxy) is 1. The van der Waals surface area contributed by atoms with E-state index in [4.69, 9.17) is 4.74 Å². The molecule has 2 nitrogen and oxygen atoms in total. The Hall–Kier alpha value is -1.87. The lowest BCUT2D eigenvalue weighted by atomic mass is 10.1. The van der Waals surface area contributed by atoms with Gasteiger partial charge in [0.2, 0.25) is 0 Å². The molecule has 0 fully saturated rings. The second-order valence-electron chi connectivity index (χ2n) is 4.71. The van der Waals surface area contributed by atoms with Gasteiger partial charge in [0.25, 0.3) is 0 Å². The Balaban J connectivity index is 2.46. The van der Waals surface area contributed by atoms with Crippen LogP contribution in [0.1, 0.15) is 29.7 Å². The summed E-state index contributed by atoms with van der Waals surface area (Å²) in [6, 6.07) is 10.3. The number of aliphatic hydroxyl groups is 1. The van der Waals surface area contributed by atoms with Gasteiger partial charge in [-0.1, -0.05) is 24.3 Å². The normalized spacial score (nSPS) is 12.3. The van der Waals surface area contributed by atoms with Crippen LogP contribution >= 0.6 is 0 Å². The van der Waals surface area contributed by atoms with Gasteiger partial charge >= 0.3 is 0 Å². The summed E-state index contributed by atoms with van der Waals surface area (Å²) in [4.78, 5) is 0. The van der Waals surface area contributed by atoms with Gasteiger partial charge in [0.15, 0.2) is 11.6 Å². The predicted octanol–water partition coefficient (Wildman–Crippen LogP) is 4.29. The molecule has 2 aromatic carbocycles. The maximum absolute atomic E-state index is 13.9. The minimum atomic E-state index is -0.782. The van der Waals surface area contributed by atoms with Crippen LogP contribution in [-0.4, -0.2) is 5.11 Å². The smallest absolute Gasteiger partial charge is 0.168 e. The van der Waals surface area contributed by atoms with Crippen molar-refractivity contribution in [3.8, 4) is 11.5 Å². The number of rotatable bonds is 3. The van der Waals surface area contributed by atoms with Crippen LogP contribution in [-0.2, 0) is 0 Å². The lowest BCUT2D eigenvalue weighted by molar-refractivity contribution is 0.194. The van der Waals surface area contributed by atoms with E-state index in [9.17, 15) is 9.50 Å². The van der Waals surface area contributed by atoms with Crippen molar-refractivity contribution in [2.75, 3.05) is 0 Å². The van der Waals surface area contributed by atoms with Gasteiger partial charge in [0.05, 0.1) is 6.10 Å². The van der Waals surface area contributed by atoms with E-state index in [0.717, 1.165) is 11.1 Å². The summed E-state index contributed by atoms with van der Waals surface area (Å²) < 4.78 is 19.6. The third-order valence-electron chi connectivity index (χ3n) is 3.00. The van der Waals surface area contributed by atoms with Gasteiger partial charge in [-0.05, 0) is 44.0 Å². The van der Waals surface area contributed by atoms with Crippen molar-refractivity contribution in [1.82, 2.24) is 0 Å². The fourth-order valence-electron chi connectivity index (χ4n) is 1.89. The first-order valence-electron chi connectivity index (χ1n) is 6.20. The molecule has 0 saturated carbocycles. The zero-order valence-electron chi connectivity index (χ0n) is 11.3. The Bertz CT molecular complexity index is 591. The summed E-state index contributed by atoms with van der Waals surface area (Å²) in [6.45, 7) is 5.44. The first-order chi connectivity index (χ1) is 8.99. The van der Waals surface area contributed by atoms with E-state index in [-0.39, 0.29) is 5.75 Å². The van der Waals surface area contributed by atoms with E-state index >= 15 is 0 Å². The molecule has 0 amide bonds. The number of para-hydroxylation sites is 1. The number of benzene rings is 2. The van der Waals surface area contributed by atoms with E-state index in [1.807, 2.05) is 32.0 Å². The predicted molar refractivity (Wildman–Crippen MR) is 73.0 cm³/mol. The summed E-state index contributed by atoms with van der Waals surface area (Å²) in [5.41, 5.74) is 2.40. The second kappa shape index (κ2) is 5.41. The summed E-state index contributed by atoms with van der Waals surface area (Å²) in [7, 11) is 0. The van der Waals surface area contributed by atoms with Gasteiger partial charge in [-0.25, -0.2) is 4.39 Å². The topological polar surface area (TPSA) is 29.5 Å². The van der Waals surface area contributed by atoms with Crippen LogP contribution in [0.2, 0.25) is 0 Å². The maximum atomic E-state index is 13.9. The van der Waals surface area contributed by atoms with Gasteiger partial charge in [-0.15, -0.1) is 0 Å². The molecule has 100 valence electrons. The Morgan fingerprint density at radius 3 is 2.58 bits per heavy atom. The highest BCUT2D eigenvalue weighted by Crippen LogP contribution is 2.33. The summed E-state index contributed by atoms with van der Waals surface area (Å²) in [6.07, 6.45) is -0.782. The van der Waals surface area contributed by atoms with Gasteiger partial charge in [-0.2, -0.15) is 0 Å². The number of aliphatic hydroxyl groups excluding tert-OH is 1. The molecule has 0 aromatic heterocycles. The minimum absolute atomic E-state index is 0.0891. The van der Waals surface area contributed by atoms with E-state index < -0.39 is 11.9 Å². The molecule has 0 heterocycles. The standard InChI is InChI=1S/C16H17FO2/c1-10-7-8-11(2)15(9-10)19-16-13(12(3)18)5-4-6-14(16)17/h4-9,12,18H,1-3H3/t12-/m0/s1. The minimum Gasteiger partial charge on any atom is -0.454 e. The third-order valence-corrected chi connectivity index (χ3v) is 3.00. The molecule has 1 atom stereocenters. The van der Waals surface area contributed by atoms with Crippen molar-refractivity contribution < 1.29 is 14.2 Å². The number of hydrogen-bond acceptors (Lipinski definition) is 2. The van der Waals surface area contributed by atoms with E-state index in [0.29, 0.717) is 11.3 Å². The Morgan fingerprint density at radius 2 is 1.89 bits per heavy atom. The average molecular weight is 260 g/mol. The maximum Gasteiger partial charge on any atom is 0.168 e. The van der Waals surface area contributed by atoms with Crippen molar-refractivity contribution in [3.63, 3.8) is 0 Å². The average Bonchev–Trinajstić information content (AvgIpc) is 2.35. The Labute approximate surface area is 112 Å². The first kappa shape index (κ1) is 13.6. The molecule has 2 aromatic rings. The molecule has 1 N–H and O–H groups in total. The number of aryl methyl sites for hydroxylation is 2. The lowest BCUT2D eigenvalue weighted by Crippen LogP contribution is -1.99. The molecule has 0 aliphatic carbocycles. The van der Waals surface area contributed by atoms with Gasteiger partial charge in [-0.3, -0.25) is 0 Å². The highest BCUT2D eigenvalue weighted by Gasteiger charge is 2.15. The van der Waals surface area contributed by atoms with Crippen molar-refractivity contribution in [3.05, 3.63) is 58.9 Å². The van der Waals surface area contributed by atoms with E-state index in [1.165, 1.54) is 6.07 Å². The van der Waals surface area contributed by atoms with Crippen molar-refractivity contribution in [1.29, 1.82) is 0 Å². The largest absolute Gasteiger partial charge is 0.454 e. The van der Waals surface area contributed by atoms with Gasteiger partial charge in [0.1, 0.15) is 5.75 Å². The van der Waals surface area contributed by atoms with Crippen molar-refractivity contribution in [2.24, 2.45) is 0 Å². The molecule has 0 spiro atoms. The molecule has 0 unspecified atom stereocenters. The van der Waals surface area contributed by atoms with Crippen LogP contribution < -0.4 is 4.74 Å². The van der Waals surface area contributed by atoms with E-state index in [2.05, 4.69) is 0 Å². The van der Waals surface area contributed by atoms with E-state index in [1.54, 1.807) is 19.1 Å². The molecule has 0 saturated heterocycles. The number of halogens is 1. The Kier molecular flexibility index (Phi) is 3.86. The van der Waals surface area contributed by atoms with Crippen LogP contribution in [0.5, 0.6) is 11.5 Å². The van der Waals surface area contributed by atoms with Gasteiger partial charge < -0.3 is 9.84 Å². The van der Waals surface area contributed by atoms with Gasteiger partial charge in [0, 0.05) is 5.56 Å². The molecule has 19 heavy (non-hydrogen) atoms. The zero-order chi connectivity index (χ0) is 14.0. The molecular formula is C16H17FO2. The second-order valence-corrected chi connectivity index (χ2v) is 4.71. The molecule has 0 aliphatic rings. The lowest BCUT2D eigenvalue weighted by Gasteiger charge is -2.15. The van der Waals surface area contributed by atoms with Crippen LogP contribution in [0, 0.1) is 19.7 Å². The molecule has 2 rings (SSSR count). The molecule has 0 aliphatic heterocycles. The summed E-state index contributed by atoms with van der Waals surface area (Å²) in [5, 5.41) is 9.68. The monoisotopic (exact) mass is 260 g/mol. The molecule has 0 radical (unpaired) electrons. The van der Waals surface area contributed by atoms with Crippen molar-refractivity contribution in [2.45, 2.75) is 26.9 Å². The number of hydrogen-bond donors (Lipinski definition) is 1.